The highest BCUT2D eigenvalue weighted by atomic mass is 16.2. The molecule has 1 N–H and O–H groups in total. The molecule has 2 atom stereocenters. The molecule has 2 aliphatic rings. The van der Waals surface area contributed by atoms with E-state index in [0.29, 0.717) is 5.95 Å². The van der Waals surface area contributed by atoms with Gasteiger partial charge >= 0.3 is 0 Å². The second kappa shape index (κ2) is 7.13. The number of hydrogen-bond donors (Lipinski definition) is 1. The van der Waals surface area contributed by atoms with E-state index in [1.165, 1.54) is 0 Å². The van der Waals surface area contributed by atoms with Gasteiger partial charge in [-0.15, -0.1) is 0 Å². The fourth-order valence-corrected chi connectivity index (χ4v) is 4.32. The van der Waals surface area contributed by atoms with Crippen molar-refractivity contribution in [3.8, 4) is 0 Å². The van der Waals surface area contributed by atoms with E-state index in [0.717, 1.165) is 54.6 Å². The van der Waals surface area contributed by atoms with Gasteiger partial charge in [0.2, 0.25) is 23.7 Å². The summed E-state index contributed by atoms with van der Waals surface area (Å²) in [4.78, 5) is 43.3. The van der Waals surface area contributed by atoms with E-state index in [4.69, 9.17) is 0 Å². The molecule has 1 aromatic heterocycles. The molecule has 7 heteroatoms. The normalized spacial score (nSPS) is 22.3. The summed E-state index contributed by atoms with van der Waals surface area (Å²) in [6.45, 7) is 2.55. The van der Waals surface area contributed by atoms with Gasteiger partial charge in [-0.1, -0.05) is 31.9 Å². The summed E-state index contributed by atoms with van der Waals surface area (Å²) in [6.07, 6.45) is 4.34. The second-order valence-corrected chi connectivity index (χ2v) is 7.38. The molecule has 0 spiro atoms. The Morgan fingerprint density at radius 2 is 1.81 bits per heavy atom. The van der Waals surface area contributed by atoms with Gasteiger partial charge in [0.1, 0.15) is 6.54 Å². The van der Waals surface area contributed by atoms with E-state index in [1.54, 1.807) is 0 Å². The van der Waals surface area contributed by atoms with Crippen LogP contribution in [0, 0.1) is 11.8 Å². The lowest BCUT2D eigenvalue weighted by Crippen LogP contribution is -2.38. The highest BCUT2D eigenvalue weighted by Gasteiger charge is 2.48. The number of amides is 3. The standard InChI is InChI=1S/C20H24N4O3/c1-2-11-23-16-10-6-5-9-15(16)21-20(23)22-17(25)12-24-18(26)13-7-3-4-8-14(13)19(24)27/h5-6,9-10,13-14H,2-4,7-8,11-12H2,1H3,(H,21,22,25). The van der Waals surface area contributed by atoms with Gasteiger partial charge in [-0.05, 0) is 31.4 Å². The molecule has 1 aliphatic carbocycles. The molecule has 1 aromatic carbocycles. The van der Waals surface area contributed by atoms with Crippen molar-refractivity contribution in [3.63, 3.8) is 0 Å². The maximum absolute atomic E-state index is 12.6. The number of aromatic nitrogens is 2. The van der Waals surface area contributed by atoms with Crippen molar-refractivity contribution in [1.82, 2.24) is 14.5 Å². The predicted octanol–water partition coefficient (Wildman–Crippen LogP) is 2.56. The van der Waals surface area contributed by atoms with E-state index < -0.39 is 0 Å². The zero-order valence-corrected chi connectivity index (χ0v) is 15.5. The number of nitrogens with zero attached hydrogens (tertiary/aromatic N) is 3. The van der Waals surface area contributed by atoms with Crippen LogP contribution in [0.1, 0.15) is 39.0 Å². The van der Waals surface area contributed by atoms with Crippen LogP contribution in [0.2, 0.25) is 0 Å². The Kier molecular flexibility index (Phi) is 4.68. The van der Waals surface area contributed by atoms with E-state index in [-0.39, 0.29) is 36.1 Å². The van der Waals surface area contributed by atoms with Crippen LogP contribution in [0.3, 0.4) is 0 Å². The highest BCUT2D eigenvalue weighted by molar-refractivity contribution is 6.08. The SMILES string of the molecule is CCCn1c(NC(=O)CN2C(=O)C3CCCCC3C2=O)nc2ccccc21. The molecule has 2 fully saturated rings. The number of imidazole rings is 1. The zero-order valence-electron chi connectivity index (χ0n) is 15.5. The van der Waals surface area contributed by atoms with Crippen LogP contribution >= 0.6 is 0 Å². The van der Waals surface area contributed by atoms with Gasteiger partial charge in [-0.25, -0.2) is 4.98 Å². The van der Waals surface area contributed by atoms with Crippen molar-refractivity contribution < 1.29 is 14.4 Å². The first-order valence-electron chi connectivity index (χ1n) is 9.70. The number of rotatable bonds is 5. The topological polar surface area (TPSA) is 84.3 Å². The van der Waals surface area contributed by atoms with Crippen molar-refractivity contribution in [1.29, 1.82) is 0 Å². The quantitative estimate of drug-likeness (QED) is 0.822. The second-order valence-electron chi connectivity index (χ2n) is 7.38. The number of imide groups is 1. The van der Waals surface area contributed by atoms with Gasteiger partial charge in [-0.2, -0.15) is 0 Å². The largest absolute Gasteiger partial charge is 0.310 e. The first kappa shape index (κ1) is 17.7. The molecule has 142 valence electrons. The average molecular weight is 368 g/mol. The zero-order chi connectivity index (χ0) is 19.0. The maximum Gasteiger partial charge on any atom is 0.246 e. The third kappa shape index (κ3) is 3.11. The number of aryl methyl sites for hydroxylation is 1. The van der Waals surface area contributed by atoms with Crippen LogP contribution in [-0.2, 0) is 20.9 Å². The van der Waals surface area contributed by atoms with Crippen LogP contribution < -0.4 is 5.32 Å². The fraction of sp³-hybridized carbons (Fsp3) is 0.500. The van der Waals surface area contributed by atoms with Crippen LogP contribution in [0.5, 0.6) is 0 Å². The molecule has 2 aromatic rings. The number of likely N-dealkylation sites (tertiary alicyclic amines) is 1. The summed E-state index contributed by atoms with van der Waals surface area (Å²) < 4.78 is 1.96. The Balaban J connectivity index is 1.51. The molecule has 1 aliphatic heterocycles. The molecule has 4 rings (SSSR count). The van der Waals surface area contributed by atoms with Crippen LogP contribution in [0.25, 0.3) is 11.0 Å². The van der Waals surface area contributed by atoms with Gasteiger partial charge in [0.25, 0.3) is 0 Å². The van der Waals surface area contributed by atoms with E-state index in [1.807, 2.05) is 28.8 Å². The minimum Gasteiger partial charge on any atom is -0.310 e. The van der Waals surface area contributed by atoms with E-state index in [2.05, 4.69) is 17.2 Å². The summed E-state index contributed by atoms with van der Waals surface area (Å²) in [6, 6.07) is 7.70. The molecule has 0 radical (unpaired) electrons. The van der Waals surface area contributed by atoms with Crippen LogP contribution in [-0.4, -0.2) is 38.7 Å². The van der Waals surface area contributed by atoms with Gasteiger partial charge in [0, 0.05) is 6.54 Å². The predicted molar refractivity (Wildman–Crippen MR) is 101 cm³/mol. The molecule has 2 unspecified atom stereocenters. The number of carbonyl (C=O) groups is 3. The Morgan fingerprint density at radius 3 is 2.48 bits per heavy atom. The molecular weight excluding hydrogens is 344 g/mol. The minimum absolute atomic E-state index is 0.193. The lowest BCUT2D eigenvalue weighted by atomic mass is 9.81. The Hall–Kier alpha value is -2.70. The van der Waals surface area contributed by atoms with E-state index in [9.17, 15) is 14.4 Å². The minimum atomic E-state index is -0.386. The average Bonchev–Trinajstić information content (AvgIpc) is 3.13. The monoisotopic (exact) mass is 368 g/mol. The summed E-state index contributed by atoms with van der Waals surface area (Å²) >= 11 is 0. The Labute approximate surface area is 157 Å². The molecule has 7 nitrogen and oxygen atoms in total. The summed E-state index contributed by atoms with van der Waals surface area (Å²) in [5.41, 5.74) is 1.76. The van der Waals surface area contributed by atoms with E-state index >= 15 is 0 Å². The molecule has 2 heterocycles. The lowest BCUT2D eigenvalue weighted by Gasteiger charge is -2.19. The van der Waals surface area contributed by atoms with Gasteiger partial charge in [0.05, 0.1) is 22.9 Å². The highest BCUT2D eigenvalue weighted by Crippen LogP contribution is 2.37. The van der Waals surface area contributed by atoms with Gasteiger partial charge in [0.15, 0.2) is 0 Å². The number of nitrogens with one attached hydrogen (secondary N) is 1. The molecule has 1 saturated carbocycles. The maximum atomic E-state index is 12.6. The third-order valence-electron chi connectivity index (χ3n) is 5.59. The van der Waals surface area contributed by atoms with Crippen molar-refractivity contribution in [2.45, 2.75) is 45.6 Å². The van der Waals surface area contributed by atoms with Gasteiger partial charge < -0.3 is 4.57 Å². The number of benzene rings is 1. The lowest BCUT2D eigenvalue weighted by molar-refractivity contribution is -0.142. The van der Waals surface area contributed by atoms with Crippen molar-refractivity contribution in [2.24, 2.45) is 11.8 Å². The molecule has 27 heavy (non-hydrogen) atoms. The smallest absolute Gasteiger partial charge is 0.246 e. The molecule has 1 saturated heterocycles. The van der Waals surface area contributed by atoms with Crippen molar-refractivity contribution in [3.05, 3.63) is 24.3 Å². The van der Waals surface area contributed by atoms with Crippen LogP contribution in [0.15, 0.2) is 24.3 Å². The van der Waals surface area contributed by atoms with Crippen LogP contribution in [0.4, 0.5) is 5.95 Å². The first-order chi connectivity index (χ1) is 13.1. The number of hydrogen-bond acceptors (Lipinski definition) is 4. The number of carbonyl (C=O) groups excluding carboxylic acids is 3. The molecule has 3 amide bonds. The fourth-order valence-electron chi connectivity index (χ4n) is 4.32. The van der Waals surface area contributed by atoms with Gasteiger partial charge in [-0.3, -0.25) is 24.6 Å². The number of fused-ring (bicyclic) bond motifs is 2. The third-order valence-corrected chi connectivity index (χ3v) is 5.59. The summed E-state index contributed by atoms with van der Waals surface area (Å²) in [5.74, 6) is -0.779. The summed E-state index contributed by atoms with van der Waals surface area (Å²) in [7, 11) is 0. The Bertz CT molecular complexity index is 880. The first-order valence-corrected chi connectivity index (χ1v) is 9.70. The molecule has 0 bridgehead atoms. The number of para-hydroxylation sites is 2. The van der Waals surface area contributed by atoms with Crippen molar-refractivity contribution >= 4 is 34.7 Å². The number of anilines is 1. The summed E-state index contributed by atoms with van der Waals surface area (Å²) in [5, 5.41) is 2.80. The Morgan fingerprint density at radius 1 is 1.15 bits per heavy atom. The molecular formula is C20H24N4O3. The van der Waals surface area contributed by atoms with Crippen molar-refractivity contribution in [2.75, 3.05) is 11.9 Å².